The molecule has 0 aliphatic carbocycles. The molecule has 0 radical (unpaired) electrons. The average Bonchev–Trinajstić information content (AvgIpc) is 3.24. The first-order chi connectivity index (χ1) is 15.3. The highest BCUT2D eigenvalue weighted by Gasteiger charge is 2.26. The summed E-state index contributed by atoms with van der Waals surface area (Å²) in [5, 5.41) is 0.771. The number of carbonyl (C=O) groups excluding carboxylic acids is 2. The topological polar surface area (TPSA) is 56.4 Å². The van der Waals surface area contributed by atoms with Gasteiger partial charge in [-0.05, 0) is 54.9 Å². The standard InChI is InChI=1S/C26H34FN3O2/c1-16(2)19-13-20(18-9-8-12-30(15-18)25(31)17(3)4)23(27)24-21(19)14-22(28-24)26(32)29-10-6-5-7-11-29/h9,13-14,16-17,28H,5-8,10-12,15H2,1-4H3. The van der Waals surface area contributed by atoms with E-state index in [4.69, 9.17) is 0 Å². The number of fused-ring (bicyclic) bond motifs is 1. The van der Waals surface area contributed by atoms with Crippen LogP contribution in [0.15, 0.2) is 18.2 Å². The number of carbonyl (C=O) groups is 2. The van der Waals surface area contributed by atoms with Crippen molar-refractivity contribution in [3.63, 3.8) is 0 Å². The second-order valence-corrected chi connectivity index (χ2v) is 9.74. The predicted octanol–water partition coefficient (Wildman–Crippen LogP) is 5.33. The molecular formula is C26H34FN3O2. The van der Waals surface area contributed by atoms with Gasteiger partial charge in [-0.25, -0.2) is 4.39 Å². The lowest BCUT2D eigenvalue weighted by Gasteiger charge is -2.29. The number of H-pyrrole nitrogens is 1. The van der Waals surface area contributed by atoms with Crippen LogP contribution in [0.2, 0.25) is 0 Å². The summed E-state index contributed by atoms with van der Waals surface area (Å²) < 4.78 is 15.8. The van der Waals surface area contributed by atoms with E-state index in [0.717, 1.165) is 48.9 Å². The van der Waals surface area contributed by atoms with Crippen LogP contribution in [0.1, 0.15) is 80.9 Å². The maximum absolute atomic E-state index is 15.8. The summed E-state index contributed by atoms with van der Waals surface area (Å²) in [5.41, 5.74) is 3.22. The molecule has 172 valence electrons. The van der Waals surface area contributed by atoms with E-state index in [1.54, 1.807) is 0 Å². The van der Waals surface area contributed by atoms with Gasteiger partial charge in [-0.3, -0.25) is 9.59 Å². The van der Waals surface area contributed by atoms with Gasteiger partial charge in [0.2, 0.25) is 5.91 Å². The van der Waals surface area contributed by atoms with Crippen molar-refractivity contribution in [1.82, 2.24) is 14.8 Å². The molecule has 2 amide bonds. The van der Waals surface area contributed by atoms with Crippen LogP contribution in [0.5, 0.6) is 0 Å². The van der Waals surface area contributed by atoms with Crippen LogP contribution in [0.25, 0.3) is 16.5 Å². The Morgan fingerprint density at radius 1 is 1.00 bits per heavy atom. The van der Waals surface area contributed by atoms with Crippen LogP contribution in [0, 0.1) is 11.7 Å². The zero-order chi connectivity index (χ0) is 23.0. The lowest BCUT2D eigenvalue weighted by Crippen LogP contribution is -2.38. The number of hydrogen-bond donors (Lipinski definition) is 1. The van der Waals surface area contributed by atoms with Gasteiger partial charge in [0.25, 0.3) is 5.91 Å². The van der Waals surface area contributed by atoms with E-state index < -0.39 is 0 Å². The van der Waals surface area contributed by atoms with Crippen molar-refractivity contribution in [3.05, 3.63) is 40.8 Å². The van der Waals surface area contributed by atoms with Gasteiger partial charge in [-0.2, -0.15) is 0 Å². The third kappa shape index (κ3) is 4.19. The third-order valence-corrected chi connectivity index (χ3v) is 6.68. The number of piperidine rings is 1. The zero-order valence-corrected chi connectivity index (χ0v) is 19.6. The number of aromatic amines is 1. The molecule has 2 aliphatic rings. The minimum atomic E-state index is -0.341. The van der Waals surface area contributed by atoms with E-state index in [9.17, 15) is 9.59 Å². The highest BCUT2D eigenvalue weighted by atomic mass is 19.1. The Morgan fingerprint density at radius 2 is 1.72 bits per heavy atom. The van der Waals surface area contributed by atoms with E-state index >= 15 is 4.39 Å². The van der Waals surface area contributed by atoms with Gasteiger partial charge in [-0.1, -0.05) is 33.8 Å². The summed E-state index contributed by atoms with van der Waals surface area (Å²) in [5.74, 6) is -0.215. The van der Waals surface area contributed by atoms with Crippen molar-refractivity contribution >= 4 is 28.3 Å². The van der Waals surface area contributed by atoms with Crippen molar-refractivity contribution in [2.24, 2.45) is 5.92 Å². The Kier molecular flexibility index (Phi) is 6.40. The summed E-state index contributed by atoms with van der Waals surface area (Å²) >= 11 is 0. The van der Waals surface area contributed by atoms with Gasteiger partial charge >= 0.3 is 0 Å². The van der Waals surface area contributed by atoms with E-state index in [0.29, 0.717) is 36.3 Å². The number of benzene rings is 1. The van der Waals surface area contributed by atoms with E-state index in [1.165, 1.54) is 0 Å². The maximum atomic E-state index is 15.8. The highest BCUT2D eigenvalue weighted by Crippen LogP contribution is 2.35. The van der Waals surface area contributed by atoms with Gasteiger partial charge in [-0.15, -0.1) is 0 Å². The predicted molar refractivity (Wildman–Crippen MR) is 126 cm³/mol. The molecule has 1 fully saturated rings. The molecule has 32 heavy (non-hydrogen) atoms. The van der Waals surface area contributed by atoms with Crippen LogP contribution in [-0.4, -0.2) is 52.8 Å². The molecule has 1 saturated heterocycles. The molecule has 2 aromatic rings. The van der Waals surface area contributed by atoms with Gasteiger partial charge in [0.15, 0.2) is 5.82 Å². The fourth-order valence-corrected chi connectivity index (χ4v) is 4.87. The van der Waals surface area contributed by atoms with Crippen LogP contribution in [0.3, 0.4) is 0 Å². The summed E-state index contributed by atoms with van der Waals surface area (Å²) in [6, 6.07) is 3.73. The fourth-order valence-electron chi connectivity index (χ4n) is 4.87. The second kappa shape index (κ2) is 9.08. The van der Waals surface area contributed by atoms with Gasteiger partial charge in [0.1, 0.15) is 5.69 Å². The zero-order valence-electron chi connectivity index (χ0n) is 19.6. The third-order valence-electron chi connectivity index (χ3n) is 6.68. The molecule has 3 heterocycles. The van der Waals surface area contributed by atoms with Crippen LogP contribution in [-0.2, 0) is 4.79 Å². The highest BCUT2D eigenvalue weighted by molar-refractivity contribution is 6.00. The smallest absolute Gasteiger partial charge is 0.270 e. The SMILES string of the molecule is CC(C)C(=O)N1CCC=C(c2cc(C(C)C)c3cc(C(=O)N4CCCCC4)[nH]c3c2F)C1. The number of aromatic nitrogens is 1. The van der Waals surface area contributed by atoms with Crippen LogP contribution >= 0.6 is 0 Å². The Hall–Kier alpha value is -2.63. The molecule has 0 unspecified atom stereocenters. The molecule has 0 spiro atoms. The Morgan fingerprint density at radius 3 is 2.38 bits per heavy atom. The number of nitrogens with zero attached hydrogens (tertiary/aromatic N) is 2. The van der Waals surface area contributed by atoms with E-state index in [-0.39, 0.29) is 29.5 Å². The van der Waals surface area contributed by atoms with Crippen molar-refractivity contribution in [2.75, 3.05) is 26.2 Å². The van der Waals surface area contributed by atoms with Crippen molar-refractivity contribution < 1.29 is 14.0 Å². The molecule has 1 N–H and O–H groups in total. The van der Waals surface area contributed by atoms with E-state index in [2.05, 4.69) is 18.8 Å². The molecule has 6 heteroatoms. The summed E-state index contributed by atoms with van der Waals surface area (Å²) in [7, 11) is 0. The number of nitrogens with one attached hydrogen (secondary N) is 1. The Balaban J connectivity index is 1.74. The van der Waals surface area contributed by atoms with Crippen molar-refractivity contribution in [1.29, 1.82) is 0 Å². The molecule has 0 atom stereocenters. The number of likely N-dealkylation sites (tertiary alicyclic amines) is 1. The first-order valence-electron chi connectivity index (χ1n) is 11.9. The lowest BCUT2D eigenvalue weighted by molar-refractivity contribution is -0.133. The van der Waals surface area contributed by atoms with Gasteiger partial charge < -0.3 is 14.8 Å². The largest absolute Gasteiger partial charge is 0.348 e. The molecule has 1 aromatic carbocycles. The molecule has 4 rings (SSSR count). The first kappa shape index (κ1) is 22.6. The molecular weight excluding hydrogens is 405 g/mol. The average molecular weight is 440 g/mol. The molecule has 0 saturated carbocycles. The maximum Gasteiger partial charge on any atom is 0.270 e. The molecule has 0 bridgehead atoms. The normalized spacial score (nSPS) is 17.4. The number of hydrogen-bond acceptors (Lipinski definition) is 2. The van der Waals surface area contributed by atoms with Crippen LogP contribution < -0.4 is 0 Å². The van der Waals surface area contributed by atoms with Gasteiger partial charge in [0.05, 0.1) is 5.52 Å². The molecule has 1 aromatic heterocycles. The van der Waals surface area contributed by atoms with Crippen LogP contribution in [0.4, 0.5) is 4.39 Å². The molecule has 2 aliphatic heterocycles. The number of halogens is 1. The summed E-state index contributed by atoms with van der Waals surface area (Å²) in [6.07, 6.45) is 5.94. The van der Waals surface area contributed by atoms with Gasteiger partial charge in [0, 0.05) is 43.0 Å². The Bertz CT molecular complexity index is 1060. The van der Waals surface area contributed by atoms with E-state index in [1.807, 2.05) is 41.9 Å². The minimum absolute atomic E-state index is 0.0536. The quantitative estimate of drug-likeness (QED) is 0.700. The fraction of sp³-hybridized carbons (Fsp3) is 0.538. The van der Waals surface area contributed by atoms with Crippen molar-refractivity contribution in [3.8, 4) is 0 Å². The summed E-state index contributed by atoms with van der Waals surface area (Å²) in [4.78, 5) is 32.4. The lowest BCUT2D eigenvalue weighted by atomic mass is 9.91. The Labute approximate surface area is 189 Å². The second-order valence-electron chi connectivity index (χ2n) is 9.74. The molecule has 5 nitrogen and oxygen atoms in total. The van der Waals surface area contributed by atoms with Crippen molar-refractivity contribution in [2.45, 2.75) is 59.3 Å². The summed E-state index contributed by atoms with van der Waals surface area (Å²) in [6.45, 7) is 10.5. The number of amides is 2. The first-order valence-corrected chi connectivity index (χ1v) is 11.9. The monoisotopic (exact) mass is 439 g/mol. The minimum Gasteiger partial charge on any atom is -0.348 e. The number of rotatable bonds is 4.